The van der Waals surface area contributed by atoms with Crippen molar-refractivity contribution in [2.45, 2.75) is 32.3 Å². The van der Waals surface area contributed by atoms with Crippen LogP contribution < -0.4 is 10.2 Å². The summed E-state index contributed by atoms with van der Waals surface area (Å²) in [7, 11) is -0.812. The molecule has 1 aliphatic heterocycles. The van der Waals surface area contributed by atoms with E-state index >= 15 is 0 Å². The molecule has 0 atom stereocenters. The van der Waals surface area contributed by atoms with Crippen LogP contribution in [0, 0.1) is 6.92 Å². The molecule has 0 amide bonds. The van der Waals surface area contributed by atoms with Crippen LogP contribution in [0.2, 0.25) is 0 Å². The molecule has 4 nitrogen and oxygen atoms in total. The first-order chi connectivity index (χ1) is 10.2. The lowest BCUT2D eigenvalue weighted by Gasteiger charge is -2.09. The molecule has 1 aromatic heterocycles. The largest absolute Gasteiger partial charge is 0.491 e. The standard InChI is InChI=1S/C16H16BNO3/c1-10-2-7-15(18-16(10)11-3-4-11)21-13-5-6-14-12(8-13)9-20-17(14)19/h2,5-8,11,19H,3-4,9H2,1H3. The van der Waals surface area contributed by atoms with Crippen molar-refractivity contribution in [1.29, 1.82) is 0 Å². The first-order valence-electron chi connectivity index (χ1n) is 7.28. The summed E-state index contributed by atoms with van der Waals surface area (Å²) in [6.07, 6.45) is 2.46. The second-order valence-electron chi connectivity index (χ2n) is 5.75. The Morgan fingerprint density at radius 1 is 1.29 bits per heavy atom. The number of hydrogen-bond acceptors (Lipinski definition) is 4. The Hall–Kier alpha value is -1.85. The van der Waals surface area contributed by atoms with Crippen LogP contribution in [-0.4, -0.2) is 17.1 Å². The lowest BCUT2D eigenvalue weighted by molar-refractivity contribution is 0.275. The van der Waals surface area contributed by atoms with E-state index in [2.05, 4.69) is 18.0 Å². The number of hydrogen-bond donors (Lipinski definition) is 1. The van der Waals surface area contributed by atoms with Crippen LogP contribution in [-0.2, 0) is 11.3 Å². The van der Waals surface area contributed by atoms with Crippen LogP contribution in [0.3, 0.4) is 0 Å². The summed E-state index contributed by atoms with van der Waals surface area (Å²) in [5, 5.41) is 9.62. The van der Waals surface area contributed by atoms with E-state index in [9.17, 15) is 5.02 Å². The Balaban J connectivity index is 1.60. The first-order valence-corrected chi connectivity index (χ1v) is 7.28. The Kier molecular flexibility index (Phi) is 2.98. The summed E-state index contributed by atoms with van der Waals surface area (Å²) < 4.78 is 11.1. The average Bonchev–Trinajstić information content (AvgIpc) is 3.26. The molecule has 2 aliphatic rings. The number of ether oxygens (including phenoxy) is 1. The fraction of sp³-hybridized carbons (Fsp3) is 0.312. The van der Waals surface area contributed by atoms with Crippen LogP contribution in [0.1, 0.15) is 35.6 Å². The van der Waals surface area contributed by atoms with Gasteiger partial charge in [-0.25, -0.2) is 4.98 Å². The Morgan fingerprint density at radius 3 is 2.95 bits per heavy atom. The molecular formula is C16H16BNO3. The van der Waals surface area contributed by atoms with E-state index < -0.39 is 7.12 Å². The maximum Gasteiger partial charge on any atom is 0.491 e. The molecule has 1 saturated carbocycles. The van der Waals surface area contributed by atoms with Crippen LogP contribution in [0.5, 0.6) is 11.6 Å². The lowest BCUT2D eigenvalue weighted by Crippen LogP contribution is -2.27. The predicted octanol–water partition coefficient (Wildman–Crippen LogP) is 2.28. The van der Waals surface area contributed by atoms with E-state index in [1.54, 1.807) is 0 Å². The summed E-state index contributed by atoms with van der Waals surface area (Å²) >= 11 is 0. The maximum absolute atomic E-state index is 9.62. The smallest absolute Gasteiger partial charge is 0.439 e. The quantitative estimate of drug-likeness (QED) is 0.877. The molecule has 1 N–H and O–H groups in total. The van der Waals surface area contributed by atoms with Crippen molar-refractivity contribution in [1.82, 2.24) is 4.98 Å². The van der Waals surface area contributed by atoms with Gasteiger partial charge in [0, 0.05) is 12.0 Å². The van der Waals surface area contributed by atoms with Gasteiger partial charge in [0.25, 0.3) is 0 Å². The third kappa shape index (κ3) is 2.43. The fourth-order valence-electron chi connectivity index (χ4n) is 2.74. The minimum Gasteiger partial charge on any atom is -0.439 e. The van der Waals surface area contributed by atoms with Gasteiger partial charge in [-0.2, -0.15) is 0 Å². The van der Waals surface area contributed by atoms with Gasteiger partial charge in [-0.3, -0.25) is 0 Å². The third-order valence-corrected chi connectivity index (χ3v) is 4.07. The van der Waals surface area contributed by atoms with E-state index in [1.165, 1.54) is 18.4 Å². The molecule has 1 aromatic carbocycles. The molecule has 0 saturated heterocycles. The molecule has 2 aromatic rings. The fourth-order valence-corrected chi connectivity index (χ4v) is 2.74. The molecule has 0 unspecified atom stereocenters. The van der Waals surface area contributed by atoms with Gasteiger partial charge >= 0.3 is 7.12 Å². The number of benzene rings is 1. The first kappa shape index (κ1) is 12.9. The van der Waals surface area contributed by atoms with Crippen LogP contribution in [0.15, 0.2) is 30.3 Å². The topological polar surface area (TPSA) is 51.6 Å². The molecule has 4 rings (SSSR count). The number of nitrogens with zero attached hydrogens (tertiary/aromatic N) is 1. The minimum atomic E-state index is -0.812. The molecule has 1 fully saturated rings. The summed E-state index contributed by atoms with van der Waals surface area (Å²) in [5.41, 5.74) is 4.18. The van der Waals surface area contributed by atoms with Gasteiger partial charge in [0.1, 0.15) is 5.75 Å². The summed E-state index contributed by atoms with van der Waals surface area (Å²) in [6.45, 7) is 2.51. The van der Waals surface area contributed by atoms with Crippen molar-refractivity contribution in [2.75, 3.05) is 0 Å². The second kappa shape index (κ2) is 4.86. The molecule has 1 aliphatic carbocycles. The number of aryl methyl sites for hydroxylation is 1. The molecule has 5 heteroatoms. The molecule has 106 valence electrons. The molecule has 0 bridgehead atoms. The Labute approximate surface area is 123 Å². The van der Waals surface area contributed by atoms with Gasteiger partial charge in [-0.15, -0.1) is 0 Å². The van der Waals surface area contributed by atoms with Gasteiger partial charge in [0.15, 0.2) is 0 Å². The zero-order valence-corrected chi connectivity index (χ0v) is 11.9. The van der Waals surface area contributed by atoms with Gasteiger partial charge in [0.05, 0.1) is 12.3 Å². The SMILES string of the molecule is Cc1ccc(Oc2ccc3c(c2)COB3O)nc1C1CC1. The summed E-state index contributed by atoms with van der Waals surface area (Å²) in [4.78, 5) is 4.64. The van der Waals surface area contributed by atoms with Crippen LogP contribution in [0.25, 0.3) is 0 Å². The highest BCUT2D eigenvalue weighted by molar-refractivity contribution is 6.61. The van der Waals surface area contributed by atoms with Crippen LogP contribution >= 0.6 is 0 Å². The van der Waals surface area contributed by atoms with E-state index in [0.29, 0.717) is 18.4 Å². The number of pyridine rings is 1. The Bertz CT molecular complexity index is 700. The second-order valence-corrected chi connectivity index (χ2v) is 5.75. The zero-order valence-electron chi connectivity index (χ0n) is 11.9. The van der Waals surface area contributed by atoms with Crippen molar-refractivity contribution < 1.29 is 14.4 Å². The average molecular weight is 281 g/mol. The number of rotatable bonds is 3. The molecule has 21 heavy (non-hydrogen) atoms. The third-order valence-electron chi connectivity index (χ3n) is 4.07. The number of fused-ring (bicyclic) bond motifs is 1. The molecule has 0 spiro atoms. The van der Waals surface area contributed by atoms with Gasteiger partial charge in [-0.1, -0.05) is 12.1 Å². The normalized spacial score (nSPS) is 17.0. The van der Waals surface area contributed by atoms with Gasteiger partial charge in [-0.05, 0) is 48.5 Å². The monoisotopic (exact) mass is 281 g/mol. The highest BCUT2D eigenvalue weighted by Crippen LogP contribution is 2.41. The lowest BCUT2D eigenvalue weighted by atomic mass is 9.80. The summed E-state index contributed by atoms with van der Waals surface area (Å²) in [5.74, 6) is 1.96. The van der Waals surface area contributed by atoms with Crippen molar-refractivity contribution in [2.24, 2.45) is 0 Å². The maximum atomic E-state index is 9.62. The van der Waals surface area contributed by atoms with Crippen molar-refractivity contribution in [3.63, 3.8) is 0 Å². The van der Waals surface area contributed by atoms with E-state index in [0.717, 1.165) is 22.5 Å². The Morgan fingerprint density at radius 2 is 2.14 bits per heavy atom. The van der Waals surface area contributed by atoms with Crippen molar-refractivity contribution in [3.05, 3.63) is 47.2 Å². The zero-order chi connectivity index (χ0) is 14.4. The molecule has 0 radical (unpaired) electrons. The van der Waals surface area contributed by atoms with E-state index in [4.69, 9.17) is 9.39 Å². The van der Waals surface area contributed by atoms with E-state index in [1.807, 2.05) is 24.3 Å². The van der Waals surface area contributed by atoms with Crippen molar-refractivity contribution >= 4 is 12.6 Å². The van der Waals surface area contributed by atoms with Gasteiger partial charge < -0.3 is 14.4 Å². The van der Waals surface area contributed by atoms with Crippen molar-refractivity contribution in [3.8, 4) is 11.6 Å². The van der Waals surface area contributed by atoms with Crippen LogP contribution in [0.4, 0.5) is 0 Å². The van der Waals surface area contributed by atoms with Gasteiger partial charge in [0.2, 0.25) is 5.88 Å². The highest BCUT2D eigenvalue weighted by atomic mass is 16.5. The molecular weight excluding hydrogens is 265 g/mol. The molecule has 2 heterocycles. The summed E-state index contributed by atoms with van der Waals surface area (Å²) in [6, 6.07) is 9.56. The van der Waals surface area contributed by atoms with E-state index in [-0.39, 0.29) is 0 Å². The minimum absolute atomic E-state index is 0.419. The predicted molar refractivity (Wildman–Crippen MR) is 79.9 cm³/mol. The number of aromatic nitrogens is 1. The highest BCUT2D eigenvalue weighted by Gasteiger charge is 2.28.